The van der Waals surface area contributed by atoms with Gasteiger partial charge >= 0.3 is 5.97 Å². The third-order valence-corrected chi connectivity index (χ3v) is 5.73. The number of nitrogens with zero attached hydrogens (tertiary/aromatic N) is 2. The van der Waals surface area contributed by atoms with E-state index in [1.54, 1.807) is 19.1 Å². The Balaban J connectivity index is 2.06. The summed E-state index contributed by atoms with van der Waals surface area (Å²) in [5.41, 5.74) is 1.59. The average molecular weight is 421 g/mol. The minimum Gasteiger partial charge on any atom is -0.480 e. The first-order valence-electron chi connectivity index (χ1n) is 9.63. The van der Waals surface area contributed by atoms with Crippen LogP contribution < -0.4 is 5.32 Å². The topological polar surface area (TPSA) is 107 Å². The Bertz CT molecular complexity index is 768. The number of aliphatic carboxylic acids is 1. The van der Waals surface area contributed by atoms with Crippen molar-refractivity contribution in [3.63, 3.8) is 0 Å². The third-order valence-electron chi connectivity index (χ3n) is 4.93. The predicted molar refractivity (Wildman–Crippen MR) is 112 cm³/mol. The van der Waals surface area contributed by atoms with Crippen LogP contribution in [0.1, 0.15) is 29.8 Å². The third kappa shape index (κ3) is 5.76. The molecule has 8 nitrogen and oxygen atoms in total. The number of carboxylic acids is 1. The van der Waals surface area contributed by atoms with Gasteiger partial charge in [-0.15, -0.1) is 8.58 Å². The summed E-state index contributed by atoms with van der Waals surface area (Å²) in [6.45, 7) is 5.60. The van der Waals surface area contributed by atoms with E-state index in [2.05, 4.69) is 5.32 Å². The molecule has 0 bridgehead atoms. The summed E-state index contributed by atoms with van der Waals surface area (Å²) in [6.07, 6.45) is 1.35. The molecule has 0 radical (unpaired) electrons. The molecule has 158 valence electrons. The van der Waals surface area contributed by atoms with Gasteiger partial charge in [0.15, 0.2) is 0 Å². The molecule has 0 aliphatic carbocycles. The second-order valence-electron chi connectivity index (χ2n) is 7.00. The molecule has 0 saturated carbocycles. The van der Waals surface area contributed by atoms with Crippen LogP contribution in [0.2, 0.25) is 0 Å². The Morgan fingerprint density at radius 3 is 2.45 bits per heavy atom. The summed E-state index contributed by atoms with van der Waals surface area (Å²) < 4.78 is 0. The summed E-state index contributed by atoms with van der Waals surface area (Å²) in [7, 11) is 0.428. The molecule has 3 unspecified atom stereocenters. The number of piperazine rings is 1. The van der Waals surface area contributed by atoms with E-state index in [-0.39, 0.29) is 37.4 Å². The second-order valence-corrected chi connectivity index (χ2v) is 8.12. The fourth-order valence-electron chi connectivity index (χ4n) is 3.30. The number of benzene rings is 1. The van der Waals surface area contributed by atoms with Crippen LogP contribution >= 0.6 is 8.58 Å². The zero-order valence-corrected chi connectivity index (χ0v) is 18.0. The van der Waals surface area contributed by atoms with Gasteiger partial charge in [0.05, 0.1) is 0 Å². The quantitative estimate of drug-likeness (QED) is 0.604. The summed E-state index contributed by atoms with van der Waals surface area (Å²) in [6, 6.07) is 5.71. The Morgan fingerprint density at radius 1 is 1.24 bits per heavy atom. The highest BCUT2D eigenvalue weighted by Crippen LogP contribution is 2.19. The van der Waals surface area contributed by atoms with Crippen LogP contribution in [-0.4, -0.2) is 83.1 Å². The van der Waals surface area contributed by atoms with Crippen molar-refractivity contribution in [1.82, 2.24) is 15.1 Å². The number of carbonyl (C=O) groups excluding carboxylic acids is 3. The fraction of sp³-hybridized carbons (Fsp3) is 0.500. The van der Waals surface area contributed by atoms with Crippen LogP contribution in [0.15, 0.2) is 24.3 Å². The molecule has 1 saturated heterocycles. The Hall–Kier alpha value is -2.47. The number of carboxylic acid groups (broad SMARTS) is 1. The Morgan fingerprint density at radius 2 is 1.90 bits per heavy atom. The van der Waals surface area contributed by atoms with Gasteiger partial charge < -0.3 is 20.2 Å². The molecule has 0 spiro atoms. The molecule has 2 N–H and O–H groups in total. The maximum Gasteiger partial charge on any atom is 0.323 e. The van der Waals surface area contributed by atoms with Crippen molar-refractivity contribution >= 4 is 32.3 Å². The van der Waals surface area contributed by atoms with E-state index in [1.165, 1.54) is 9.80 Å². The molecule has 3 amide bonds. The summed E-state index contributed by atoms with van der Waals surface area (Å²) in [5, 5.41) is 11.7. The summed E-state index contributed by atoms with van der Waals surface area (Å²) in [4.78, 5) is 51.8. The lowest BCUT2D eigenvalue weighted by molar-refractivity contribution is -0.154. The predicted octanol–water partition coefficient (Wildman–Crippen LogP) is 0.800. The molecular formula is C20H28N3O5P. The zero-order chi connectivity index (χ0) is 21.6. The molecule has 2 rings (SSSR count). The van der Waals surface area contributed by atoms with E-state index in [1.807, 2.05) is 25.7 Å². The van der Waals surface area contributed by atoms with Gasteiger partial charge in [-0.1, -0.05) is 19.1 Å². The van der Waals surface area contributed by atoms with Gasteiger partial charge in [0.1, 0.15) is 18.6 Å². The normalized spacial score (nSPS) is 18.2. The van der Waals surface area contributed by atoms with E-state index < -0.39 is 18.1 Å². The standard InChI is InChI=1S/C20H28N3O5P/c1-4-14-5-7-15(8-6-14)18(26)21-13(2)19(27)23-10-9-22(11-17(24)25)20(28)16(23)12-29-3/h5-8,13,16,29H,4,9-12H2,1-3H3,(H,21,26)(H,24,25). The van der Waals surface area contributed by atoms with Crippen LogP contribution in [0.3, 0.4) is 0 Å². The molecule has 1 aliphatic rings. The number of aryl methyl sites for hydroxylation is 1. The van der Waals surface area contributed by atoms with E-state index >= 15 is 0 Å². The van der Waals surface area contributed by atoms with Crippen LogP contribution in [0, 0.1) is 0 Å². The Labute approximate surface area is 172 Å². The van der Waals surface area contributed by atoms with Gasteiger partial charge in [0.25, 0.3) is 5.91 Å². The first-order chi connectivity index (χ1) is 13.8. The maximum absolute atomic E-state index is 13.0. The van der Waals surface area contributed by atoms with Gasteiger partial charge in [0.2, 0.25) is 11.8 Å². The smallest absolute Gasteiger partial charge is 0.323 e. The molecule has 1 aliphatic heterocycles. The minimum absolute atomic E-state index is 0.166. The molecule has 0 aromatic heterocycles. The van der Waals surface area contributed by atoms with Crippen molar-refractivity contribution in [2.75, 3.05) is 32.5 Å². The van der Waals surface area contributed by atoms with Crippen molar-refractivity contribution < 1.29 is 24.3 Å². The van der Waals surface area contributed by atoms with Crippen molar-refractivity contribution in [1.29, 1.82) is 0 Å². The SMILES string of the molecule is CCc1ccc(C(=O)NC(C)C(=O)N2CCN(CC(=O)O)C(=O)C2CPC)cc1. The molecule has 9 heteroatoms. The van der Waals surface area contributed by atoms with Gasteiger partial charge in [-0.3, -0.25) is 19.2 Å². The number of nitrogens with one attached hydrogen (secondary N) is 1. The van der Waals surface area contributed by atoms with Crippen LogP contribution in [0.4, 0.5) is 0 Å². The first kappa shape index (κ1) is 22.8. The lowest BCUT2D eigenvalue weighted by Crippen LogP contribution is -2.63. The number of hydrogen-bond donors (Lipinski definition) is 2. The number of carbonyl (C=O) groups is 4. The Kier molecular flexibility index (Phi) is 8.14. The molecule has 29 heavy (non-hydrogen) atoms. The molecule has 1 aromatic carbocycles. The summed E-state index contributed by atoms with van der Waals surface area (Å²) in [5.74, 6) is -2.12. The second kappa shape index (κ2) is 10.3. The molecule has 1 aromatic rings. The van der Waals surface area contributed by atoms with E-state index in [0.29, 0.717) is 20.3 Å². The highest BCUT2D eigenvalue weighted by Gasteiger charge is 2.39. The molecule has 1 heterocycles. The highest BCUT2D eigenvalue weighted by molar-refractivity contribution is 7.37. The number of amides is 3. The fourth-order valence-corrected chi connectivity index (χ4v) is 4.08. The van der Waals surface area contributed by atoms with Crippen LogP contribution in [0.5, 0.6) is 0 Å². The lowest BCUT2D eigenvalue weighted by Gasteiger charge is -2.41. The maximum atomic E-state index is 13.0. The van der Waals surface area contributed by atoms with E-state index in [4.69, 9.17) is 5.11 Å². The van der Waals surface area contributed by atoms with Gasteiger partial charge in [0, 0.05) is 18.7 Å². The van der Waals surface area contributed by atoms with Crippen molar-refractivity contribution in [3.8, 4) is 0 Å². The van der Waals surface area contributed by atoms with E-state index in [0.717, 1.165) is 12.0 Å². The first-order valence-corrected chi connectivity index (χ1v) is 11.3. The monoisotopic (exact) mass is 421 g/mol. The highest BCUT2D eigenvalue weighted by atomic mass is 31.1. The average Bonchev–Trinajstić information content (AvgIpc) is 2.70. The summed E-state index contributed by atoms with van der Waals surface area (Å²) >= 11 is 0. The van der Waals surface area contributed by atoms with Crippen molar-refractivity contribution in [3.05, 3.63) is 35.4 Å². The molecule has 3 atom stereocenters. The molecule has 1 fully saturated rings. The minimum atomic E-state index is -1.08. The van der Waals surface area contributed by atoms with Crippen molar-refractivity contribution in [2.45, 2.75) is 32.4 Å². The lowest BCUT2D eigenvalue weighted by atomic mass is 10.1. The zero-order valence-electron chi connectivity index (χ0n) is 17.0. The van der Waals surface area contributed by atoms with Crippen LogP contribution in [-0.2, 0) is 20.8 Å². The largest absolute Gasteiger partial charge is 0.480 e. The van der Waals surface area contributed by atoms with E-state index in [9.17, 15) is 19.2 Å². The number of rotatable bonds is 8. The number of hydrogen-bond acceptors (Lipinski definition) is 4. The van der Waals surface area contributed by atoms with Gasteiger partial charge in [-0.25, -0.2) is 0 Å². The van der Waals surface area contributed by atoms with Crippen LogP contribution in [0.25, 0.3) is 0 Å². The van der Waals surface area contributed by atoms with Gasteiger partial charge in [-0.2, -0.15) is 0 Å². The molecular weight excluding hydrogens is 393 g/mol. The van der Waals surface area contributed by atoms with Gasteiger partial charge in [-0.05, 0) is 43.9 Å². The van der Waals surface area contributed by atoms with Crippen molar-refractivity contribution in [2.24, 2.45) is 0 Å².